The van der Waals surface area contributed by atoms with Gasteiger partial charge in [-0.25, -0.2) is 0 Å². The van der Waals surface area contributed by atoms with Gasteiger partial charge < -0.3 is 0 Å². The topological polar surface area (TPSA) is 0 Å². The third-order valence-corrected chi connectivity index (χ3v) is 1.98. The molecule has 0 radical (unpaired) electrons. The molecule has 0 saturated carbocycles. The van der Waals surface area contributed by atoms with Crippen molar-refractivity contribution in [2.75, 3.05) is 11.5 Å². The summed E-state index contributed by atoms with van der Waals surface area (Å²) in [6.07, 6.45) is 2.93. The van der Waals surface area contributed by atoms with Crippen LogP contribution in [0.3, 0.4) is 0 Å². The van der Waals surface area contributed by atoms with Crippen molar-refractivity contribution in [3.63, 3.8) is 0 Å². The Morgan fingerprint density at radius 3 is 1.08 bits per heavy atom. The van der Waals surface area contributed by atoms with Crippen LogP contribution in [0, 0.1) is 0 Å². The molecule has 1 heterocycles. The van der Waals surface area contributed by atoms with E-state index in [4.69, 9.17) is 0 Å². The Hall–Kier alpha value is 0.957. The summed E-state index contributed by atoms with van der Waals surface area (Å²) in [4.78, 5) is 0. The van der Waals surface area contributed by atoms with Crippen molar-refractivity contribution >= 4 is 19.6 Å². The third kappa shape index (κ3) is 43.8. The van der Waals surface area contributed by atoms with Crippen LogP contribution in [0.1, 0.15) is 12.8 Å². The van der Waals surface area contributed by atoms with Gasteiger partial charge in [-0.15, -0.1) is 0 Å². The van der Waals surface area contributed by atoms with Crippen LogP contribution < -0.4 is 18.9 Å². The fourth-order valence-electron chi connectivity index (χ4n) is 0.510. The average Bonchev–Trinajstić information content (AvgIpc) is 2.00. The minimum Gasteiger partial charge on any atom is 1.00 e. The van der Waals surface area contributed by atoms with Gasteiger partial charge in [-0.2, -0.15) is 11.8 Å². The maximum Gasteiger partial charge on any atom is 1.00 e. The second-order valence-electron chi connectivity index (χ2n) is 2.28. The molecule has 0 bridgehead atoms. The second-order valence-corrected chi connectivity index (χ2v) is 5.42. The quantitative estimate of drug-likeness (QED) is 0.354. The van der Waals surface area contributed by atoms with Gasteiger partial charge in [0.25, 0.3) is 0 Å². The molecule has 1 aliphatic heterocycles. The van der Waals surface area contributed by atoms with E-state index in [1.165, 1.54) is 24.3 Å². The molecule has 1 fully saturated rings. The van der Waals surface area contributed by atoms with Crippen molar-refractivity contribution in [3.8, 4) is 0 Å². The molecular formula is C4H8F6LiPS. The molecule has 78 valence electrons. The molecule has 0 spiro atoms. The number of rotatable bonds is 0. The van der Waals surface area contributed by atoms with E-state index in [1.807, 2.05) is 0 Å². The third-order valence-electron chi connectivity index (χ3n) is 0.827. The molecule has 13 heavy (non-hydrogen) atoms. The van der Waals surface area contributed by atoms with Gasteiger partial charge in [0.1, 0.15) is 0 Å². The fraction of sp³-hybridized carbons (Fsp3) is 1.00. The number of halogens is 6. The van der Waals surface area contributed by atoms with Crippen molar-refractivity contribution in [1.82, 2.24) is 0 Å². The van der Waals surface area contributed by atoms with E-state index in [0.29, 0.717) is 0 Å². The molecule has 0 amide bonds. The molecule has 0 N–H and O–H groups in total. The minimum atomic E-state index is -10.7. The van der Waals surface area contributed by atoms with Crippen molar-refractivity contribution in [2.45, 2.75) is 12.8 Å². The zero-order chi connectivity index (χ0) is 9.94. The first-order valence-electron chi connectivity index (χ1n) is 3.09. The summed E-state index contributed by atoms with van der Waals surface area (Å²) in [6.45, 7) is 0. The maximum absolute atomic E-state index is 10.7. The zero-order valence-electron chi connectivity index (χ0n) is 6.95. The first-order valence-corrected chi connectivity index (χ1v) is 6.27. The molecule has 1 saturated heterocycles. The maximum atomic E-state index is 9.87. The number of thioether (sulfide) groups is 1. The summed E-state index contributed by atoms with van der Waals surface area (Å²) in [5.74, 6) is 2.83. The average molecular weight is 240 g/mol. The summed E-state index contributed by atoms with van der Waals surface area (Å²) in [5, 5.41) is 0. The number of hydrogen-bond donors (Lipinski definition) is 0. The Morgan fingerprint density at radius 1 is 0.769 bits per heavy atom. The molecule has 0 aromatic rings. The van der Waals surface area contributed by atoms with Crippen molar-refractivity contribution in [3.05, 3.63) is 0 Å². The van der Waals surface area contributed by atoms with E-state index >= 15 is 0 Å². The van der Waals surface area contributed by atoms with Crippen LogP contribution in [0.2, 0.25) is 0 Å². The molecule has 1 aliphatic rings. The van der Waals surface area contributed by atoms with Crippen LogP contribution in [0.15, 0.2) is 0 Å². The summed E-state index contributed by atoms with van der Waals surface area (Å²) < 4.78 is 59.2. The Labute approximate surface area is 88.2 Å². The molecule has 0 aliphatic carbocycles. The largest absolute Gasteiger partial charge is 1.00 e. The molecule has 0 aromatic carbocycles. The SMILES string of the molecule is C1CCSC1.F[P-](F)(F)(F)(F)F.[Li+]. The molecule has 0 aromatic heterocycles. The van der Waals surface area contributed by atoms with Crippen molar-refractivity contribution < 1.29 is 44.0 Å². The van der Waals surface area contributed by atoms with Gasteiger partial charge in [0.05, 0.1) is 0 Å². The molecule has 0 unspecified atom stereocenters. The van der Waals surface area contributed by atoms with Crippen LogP contribution in [-0.4, -0.2) is 11.5 Å². The Bertz CT molecular complexity index is 127. The minimum absolute atomic E-state index is 0. The van der Waals surface area contributed by atoms with E-state index in [1.54, 1.807) is 0 Å². The predicted octanol–water partition coefficient (Wildman–Crippen LogP) is 1.90. The Morgan fingerprint density at radius 2 is 1.00 bits per heavy atom. The Balaban J connectivity index is 0. The molecule has 9 heteroatoms. The van der Waals surface area contributed by atoms with Crippen LogP contribution in [-0.2, 0) is 0 Å². The second kappa shape index (κ2) is 4.22. The van der Waals surface area contributed by atoms with Crippen LogP contribution in [0.5, 0.6) is 0 Å². The van der Waals surface area contributed by atoms with Gasteiger partial charge in [0, 0.05) is 0 Å². The summed E-state index contributed by atoms with van der Waals surface area (Å²) in [5.41, 5.74) is 0. The van der Waals surface area contributed by atoms with Gasteiger partial charge in [-0.05, 0) is 24.3 Å². The first kappa shape index (κ1) is 16.4. The predicted molar refractivity (Wildman–Crippen MR) is 40.1 cm³/mol. The molecule has 1 rings (SSSR count). The molecular weight excluding hydrogens is 232 g/mol. The fourth-order valence-corrected chi connectivity index (χ4v) is 1.53. The van der Waals surface area contributed by atoms with Crippen LogP contribution in [0.4, 0.5) is 25.2 Å². The van der Waals surface area contributed by atoms with Gasteiger partial charge in [-0.1, -0.05) is 0 Å². The summed E-state index contributed by atoms with van der Waals surface area (Å²) in [6, 6.07) is 0. The smallest absolute Gasteiger partial charge is 1.00 e. The van der Waals surface area contributed by atoms with Crippen molar-refractivity contribution in [1.29, 1.82) is 0 Å². The van der Waals surface area contributed by atoms with Crippen molar-refractivity contribution in [2.24, 2.45) is 0 Å². The van der Waals surface area contributed by atoms with E-state index < -0.39 is 7.81 Å². The van der Waals surface area contributed by atoms with Gasteiger partial charge in [0.2, 0.25) is 0 Å². The van der Waals surface area contributed by atoms with Crippen LogP contribution in [0.25, 0.3) is 0 Å². The van der Waals surface area contributed by atoms with Gasteiger partial charge in [0.15, 0.2) is 0 Å². The normalized spacial score (nSPS) is 21.7. The first-order chi connectivity index (χ1) is 4.95. The summed E-state index contributed by atoms with van der Waals surface area (Å²) >= 11 is 2.07. The Kier molecular flexibility index (Phi) is 5.32. The van der Waals surface area contributed by atoms with Gasteiger partial charge in [-0.3, -0.25) is 0 Å². The zero-order valence-corrected chi connectivity index (χ0v) is 8.66. The van der Waals surface area contributed by atoms with Crippen LogP contribution >= 0.6 is 19.6 Å². The molecule has 0 atom stereocenters. The van der Waals surface area contributed by atoms with Gasteiger partial charge >= 0.3 is 51.9 Å². The monoisotopic (exact) mass is 240 g/mol. The van der Waals surface area contributed by atoms with E-state index in [0.717, 1.165) is 0 Å². The summed E-state index contributed by atoms with van der Waals surface area (Å²) in [7, 11) is -10.7. The number of hydrogen-bond acceptors (Lipinski definition) is 1. The van der Waals surface area contributed by atoms with E-state index in [2.05, 4.69) is 11.8 Å². The van der Waals surface area contributed by atoms with E-state index in [9.17, 15) is 25.2 Å². The standard InChI is InChI=1S/C4H8S.F6P.Li/c1-2-4-5-3-1;1-7(2,3,4,5)6;/h1-4H2;;/q;-1;+1. The molecule has 0 nitrogen and oxygen atoms in total. The van der Waals surface area contributed by atoms with E-state index in [-0.39, 0.29) is 18.9 Å².